The maximum absolute atomic E-state index is 12.8. The molecular weight excluding hydrogens is 894 g/mol. The number of ether oxygens (including phenoxy) is 2. The fourth-order valence-electron chi connectivity index (χ4n) is 8.25. The van der Waals surface area contributed by atoms with Gasteiger partial charge in [0, 0.05) is 12.8 Å². The molecule has 70 heavy (non-hydrogen) atoms. The smallest absolute Gasteiger partial charge is 0.306 e. The van der Waals surface area contributed by atoms with Crippen molar-refractivity contribution in [3.63, 3.8) is 0 Å². The quantitative estimate of drug-likeness (QED) is 0.0195. The molecule has 0 aromatic carbocycles. The van der Waals surface area contributed by atoms with Crippen LogP contribution in [0.25, 0.3) is 0 Å². The molecule has 0 aromatic heterocycles. The molecule has 0 rings (SSSR count). The van der Waals surface area contributed by atoms with Gasteiger partial charge in [-0.15, -0.1) is 0 Å². The second kappa shape index (κ2) is 51.9. The first kappa shape index (κ1) is 68.0. The summed E-state index contributed by atoms with van der Waals surface area (Å²) in [6, 6.07) is 0. The Morgan fingerprint density at radius 1 is 0.443 bits per heavy atom. The number of phosphoric ester groups is 1. The van der Waals surface area contributed by atoms with Crippen LogP contribution in [0.2, 0.25) is 0 Å². The van der Waals surface area contributed by atoms with Gasteiger partial charge in [-0.2, -0.15) is 0 Å². The van der Waals surface area contributed by atoms with Gasteiger partial charge in [0.25, 0.3) is 7.82 Å². The number of nitrogens with zero attached hydrogens (tertiary/aromatic N) is 1. The monoisotopic (exact) mass is 1010 g/mol. The van der Waals surface area contributed by atoms with E-state index in [1.807, 2.05) is 21.1 Å². The summed E-state index contributed by atoms with van der Waals surface area (Å²) < 4.78 is 34.2. The Bertz CT molecular complexity index is 1320. The lowest BCUT2D eigenvalue weighted by molar-refractivity contribution is -0.870. The van der Waals surface area contributed by atoms with Gasteiger partial charge in [0.1, 0.15) is 19.8 Å². The van der Waals surface area contributed by atoms with Crippen LogP contribution in [0, 0.1) is 0 Å². The molecule has 0 spiro atoms. The predicted octanol–water partition coefficient (Wildman–Crippen LogP) is 17.5. The number of carbonyl (C=O) groups excluding carboxylic acids is 2. The summed E-state index contributed by atoms with van der Waals surface area (Å²) in [7, 11) is 1.17. The molecule has 0 aliphatic carbocycles. The predicted molar refractivity (Wildman–Crippen MR) is 296 cm³/mol. The van der Waals surface area contributed by atoms with E-state index in [0.717, 1.165) is 51.4 Å². The van der Waals surface area contributed by atoms with E-state index >= 15 is 0 Å². The minimum Gasteiger partial charge on any atom is -0.756 e. The van der Waals surface area contributed by atoms with E-state index in [4.69, 9.17) is 18.5 Å². The average molecular weight is 1010 g/mol. The van der Waals surface area contributed by atoms with E-state index in [0.29, 0.717) is 17.4 Å². The SMILES string of the molecule is CCCCCCC/C=C\C/C=C\CCCCCCCCCCCCCCCC(=O)OC(COC(=O)CCCCCCCCCCC/C=C\C/C=C\CCCCCCC)COP(=O)([O-])OCC[N+](C)(C)C. The Labute approximate surface area is 433 Å². The average Bonchev–Trinajstić information content (AvgIpc) is 3.32. The molecule has 2 unspecified atom stereocenters. The van der Waals surface area contributed by atoms with Crippen LogP contribution in [-0.2, 0) is 32.7 Å². The molecular formula is C60H112NO8P. The molecule has 2 atom stereocenters. The summed E-state index contributed by atoms with van der Waals surface area (Å²) in [5.41, 5.74) is 0. The summed E-state index contributed by atoms with van der Waals surface area (Å²) in [5, 5.41) is 0. The zero-order valence-electron chi connectivity index (χ0n) is 46.5. The normalized spacial score (nSPS) is 13.6. The molecule has 0 aromatic rings. The molecule has 0 radical (unpaired) electrons. The minimum atomic E-state index is -4.64. The first-order valence-electron chi connectivity index (χ1n) is 29.3. The third-order valence-electron chi connectivity index (χ3n) is 12.8. The maximum atomic E-state index is 12.8. The maximum Gasteiger partial charge on any atom is 0.306 e. The van der Waals surface area contributed by atoms with E-state index in [9.17, 15) is 19.0 Å². The van der Waals surface area contributed by atoms with Crippen LogP contribution in [0.4, 0.5) is 0 Å². The first-order valence-corrected chi connectivity index (χ1v) is 30.8. The second-order valence-corrected chi connectivity index (χ2v) is 22.4. The zero-order chi connectivity index (χ0) is 51.3. The van der Waals surface area contributed by atoms with Gasteiger partial charge in [0.05, 0.1) is 27.7 Å². The molecule has 0 aliphatic rings. The van der Waals surface area contributed by atoms with Gasteiger partial charge in [-0.05, 0) is 77.0 Å². The van der Waals surface area contributed by atoms with Crippen molar-refractivity contribution in [1.29, 1.82) is 0 Å². The fourth-order valence-corrected chi connectivity index (χ4v) is 8.98. The number of likely N-dealkylation sites (N-methyl/N-ethyl adjacent to an activating group) is 1. The molecule has 410 valence electrons. The highest BCUT2D eigenvalue weighted by atomic mass is 31.2. The zero-order valence-corrected chi connectivity index (χ0v) is 47.4. The summed E-state index contributed by atoms with van der Waals surface area (Å²) in [4.78, 5) is 37.9. The van der Waals surface area contributed by atoms with Gasteiger partial charge in [0.2, 0.25) is 0 Å². The van der Waals surface area contributed by atoms with E-state index in [-0.39, 0.29) is 32.0 Å². The lowest BCUT2D eigenvalue weighted by Crippen LogP contribution is -2.37. The number of quaternary nitrogens is 1. The second-order valence-electron chi connectivity index (χ2n) is 21.0. The van der Waals surface area contributed by atoms with Gasteiger partial charge < -0.3 is 27.9 Å². The Morgan fingerprint density at radius 2 is 0.771 bits per heavy atom. The summed E-state index contributed by atoms with van der Waals surface area (Å²) in [6.07, 6.45) is 64.3. The van der Waals surface area contributed by atoms with Crippen molar-refractivity contribution in [2.45, 2.75) is 277 Å². The number of carbonyl (C=O) groups is 2. The van der Waals surface area contributed by atoms with Crippen LogP contribution in [0.15, 0.2) is 48.6 Å². The molecule has 0 aliphatic heterocycles. The molecule has 9 nitrogen and oxygen atoms in total. The molecule has 0 fully saturated rings. The Balaban J connectivity index is 4.16. The van der Waals surface area contributed by atoms with Crippen LogP contribution in [0.1, 0.15) is 271 Å². The third kappa shape index (κ3) is 55.3. The first-order chi connectivity index (χ1) is 34.0. The van der Waals surface area contributed by atoms with Crippen LogP contribution < -0.4 is 4.89 Å². The fraction of sp³-hybridized carbons (Fsp3) is 0.833. The van der Waals surface area contributed by atoms with Crippen LogP contribution in [-0.4, -0.2) is 70.0 Å². The van der Waals surface area contributed by atoms with E-state index in [2.05, 4.69) is 62.5 Å². The number of hydrogen-bond donors (Lipinski definition) is 0. The Kier molecular flexibility index (Phi) is 50.4. The molecule has 0 heterocycles. The van der Waals surface area contributed by atoms with Crippen molar-refractivity contribution < 1.29 is 42.1 Å². The Hall–Kier alpha value is -2.03. The Morgan fingerprint density at radius 3 is 1.13 bits per heavy atom. The van der Waals surface area contributed by atoms with Gasteiger partial charge in [-0.3, -0.25) is 14.2 Å². The molecule has 0 saturated carbocycles. The van der Waals surface area contributed by atoms with Crippen molar-refractivity contribution in [2.75, 3.05) is 47.5 Å². The van der Waals surface area contributed by atoms with Crippen LogP contribution in [0.3, 0.4) is 0 Å². The molecule has 0 bridgehead atoms. The molecule has 0 N–H and O–H groups in total. The van der Waals surface area contributed by atoms with Gasteiger partial charge in [0.15, 0.2) is 6.10 Å². The third-order valence-corrected chi connectivity index (χ3v) is 13.8. The highest BCUT2D eigenvalue weighted by Crippen LogP contribution is 2.38. The van der Waals surface area contributed by atoms with Crippen molar-refractivity contribution in [2.24, 2.45) is 0 Å². The molecule has 10 heteroatoms. The highest BCUT2D eigenvalue weighted by Gasteiger charge is 2.22. The summed E-state index contributed by atoms with van der Waals surface area (Å²) in [5.74, 6) is -0.831. The summed E-state index contributed by atoms with van der Waals surface area (Å²) >= 11 is 0. The van der Waals surface area contributed by atoms with Crippen LogP contribution >= 0.6 is 7.82 Å². The standard InChI is InChI=1S/C60H112NO8P/c1-6-8-10-12-14-16-18-20-22-24-26-28-29-30-31-33-35-37-39-41-43-45-47-49-51-53-60(63)69-58(57-68-70(64,65)67-55-54-61(3,4)5)56-66-59(62)52-50-48-46-44-42-40-38-36-34-32-27-25-23-21-19-17-15-13-11-9-7-2/h18-21,24-27,58H,6-17,22-23,28-57H2,1-5H3/b20-18-,21-19-,26-24-,27-25-. The highest BCUT2D eigenvalue weighted by molar-refractivity contribution is 7.45. The lowest BCUT2D eigenvalue weighted by Gasteiger charge is -2.28. The van der Waals surface area contributed by atoms with E-state index in [1.54, 1.807) is 0 Å². The number of unbranched alkanes of at least 4 members (excludes halogenated alkanes) is 32. The van der Waals surface area contributed by atoms with Crippen molar-refractivity contribution in [1.82, 2.24) is 0 Å². The van der Waals surface area contributed by atoms with Crippen molar-refractivity contribution >= 4 is 19.8 Å². The topological polar surface area (TPSA) is 111 Å². The lowest BCUT2D eigenvalue weighted by atomic mass is 10.0. The summed E-state index contributed by atoms with van der Waals surface area (Å²) in [6.45, 7) is 4.24. The molecule has 0 amide bonds. The van der Waals surface area contributed by atoms with Crippen LogP contribution in [0.5, 0.6) is 0 Å². The number of rotatable bonds is 54. The number of hydrogen-bond acceptors (Lipinski definition) is 8. The van der Waals surface area contributed by atoms with Crippen molar-refractivity contribution in [3.8, 4) is 0 Å². The molecule has 0 saturated heterocycles. The minimum absolute atomic E-state index is 0.0318. The largest absolute Gasteiger partial charge is 0.756 e. The van der Waals surface area contributed by atoms with E-state index < -0.39 is 26.5 Å². The van der Waals surface area contributed by atoms with Gasteiger partial charge >= 0.3 is 11.9 Å². The number of allylic oxidation sites excluding steroid dienone is 8. The van der Waals surface area contributed by atoms with E-state index in [1.165, 1.54) is 186 Å². The number of esters is 2. The van der Waals surface area contributed by atoms with Crippen molar-refractivity contribution in [3.05, 3.63) is 48.6 Å². The number of phosphoric acid groups is 1. The van der Waals surface area contributed by atoms with Gasteiger partial charge in [-0.25, -0.2) is 0 Å². The van der Waals surface area contributed by atoms with Gasteiger partial charge in [-0.1, -0.05) is 229 Å².